The predicted octanol–water partition coefficient (Wildman–Crippen LogP) is 9.60. The van der Waals surface area contributed by atoms with E-state index < -0.39 is 18.2 Å². The second-order valence-electron chi connectivity index (χ2n) is 10.5. The molecule has 0 bridgehead atoms. The van der Waals surface area contributed by atoms with E-state index in [4.69, 9.17) is 4.74 Å². The Morgan fingerprint density at radius 2 is 1.44 bits per heavy atom. The summed E-state index contributed by atoms with van der Waals surface area (Å²) in [5, 5.41) is 0. The van der Waals surface area contributed by atoms with E-state index in [1.165, 1.54) is 62.8 Å². The van der Waals surface area contributed by atoms with Gasteiger partial charge in [0.15, 0.2) is 11.6 Å². The third-order valence-electron chi connectivity index (χ3n) is 8.28. The maximum atomic E-state index is 14.7. The van der Waals surface area contributed by atoms with E-state index in [9.17, 15) is 17.6 Å². The van der Waals surface area contributed by atoms with Gasteiger partial charge in [-0.25, -0.2) is 8.78 Å². The van der Waals surface area contributed by atoms with E-state index in [0.29, 0.717) is 23.0 Å². The minimum Gasteiger partial charge on any atom is -0.457 e. The molecule has 2 fully saturated rings. The van der Waals surface area contributed by atoms with Crippen molar-refractivity contribution in [2.75, 3.05) is 0 Å². The van der Waals surface area contributed by atoms with Crippen molar-refractivity contribution in [2.24, 2.45) is 17.8 Å². The zero-order valence-corrected chi connectivity index (χ0v) is 21.3. The smallest absolute Gasteiger partial charge is 0.387 e. The molecule has 0 amide bonds. The zero-order chi connectivity index (χ0) is 25.7. The summed E-state index contributed by atoms with van der Waals surface area (Å²) in [5.41, 5.74) is 0.772. The molecule has 2 aromatic rings. The Bertz CT molecular complexity index is 975. The van der Waals surface area contributed by atoms with Crippen molar-refractivity contribution in [1.29, 1.82) is 0 Å². The van der Waals surface area contributed by atoms with Crippen LogP contribution in [0.3, 0.4) is 0 Å². The first-order valence-electron chi connectivity index (χ1n) is 13.5. The van der Waals surface area contributed by atoms with Gasteiger partial charge < -0.3 is 9.47 Å². The van der Waals surface area contributed by atoms with Crippen LogP contribution in [0, 0.1) is 35.5 Å². The maximum Gasteiger partial charge on any atom is 0.387 e. The molecule has 2 aliphatic carbocycles. The molecule has 2 aromatic carbocycles. The molecule has 2 nitrogen and oxygen atoms in total. The summed E-state index contributed by atoms with van der Waals surface area (Å²) in [4.78, 5) is 0. The van der Waals surface area contributed by atoms with Crippen molar-refractivity contribution in [3.8, 4) is 17.2 Å². The van der Waals surface area contributed by atoms with Gasteiger partial charge in [-0.05, 0) is 92.9 Å². The number of rotatable bonds is 9. The lowest BCUT2D eigenvalue weighted by molar-refractivity contribution is -0.0498. The molecule has 4 rings (SSSR count). The highest BCUT2D eigenvalue weighted by Crippen LogP contribution is 2.47. The molecule has 197 valence electrons. The molecule has 0 aromatic heterocycles. The first kappa shape index (κ1) is 26.8. The number of hydrogen-bond acceptors (Lipinski definition) is 2. The highest BCUT2D eigenvalue weighted by molar-refractivity contribution is 5.47. The normalized spacial score (nSPS) is 24.6. The van der Waals surface area contributed by atoms with Crippen molar-refractivity contribution in [1.82, 2.24) is 0 Å². The lowest BCUT2D eigenvalue weighted by atomic mass is 9.68. The van der Waals surface area contributed by atoms with Gasteiger partial charge in [-0.2, -0.15) is 8.78 Å². The predicted molar refractivity (Wildman–Crippen MR) is 133 cm³/mol. The number of benzene rings is 2. The summed E-state index contributed by atoms with van der Waals surface area (Å²) in [5.74, 6) is 1.18. The second kappa shape index (κ2) is 12.3. The topological polar surface area (TPSA) is 18.5 Å². The van der Waals surface area contributed by atoms with Gasteiger partial charge in [-0.3, -0.25) is 0 Å². The van der Waals surface area contributed by atoms with Gasteiger partial charge in [0.2, 0.25) is 0 Å². The summed E-state index contributed by atoms with van der Waals surface area (Å²) in [6, 6.07) is 8.40. The minimum atomic E-state index is -2.92. The lowest BCUT2D eigenvalue weighted by Crippen LogP contribution is -2.25. The summed E-state index contributed by atoms with van der Waals surface area (Å²) < 4.78 is 64.7. The first-order chi connectivity index (χ1) is 17.4. The third kappa shape index (κ3) is 6.36. The molecular weight excluding hydrogens is 468 g/mol. The number of alkyl halides is 2. The van der Waals surface area contributed by atoms with Crippen molar-refractivity contribution < 1.29 is 27.0 Å². The fourth-order valence-electron chi connectivity index (χ4n) is 6.39. The van der Waals surface area contributed by atoms with Crippen LogP contribution in [0.2, 0.25) is 0 Å². The minimum absolute atomic E-state index is 0.00666. The average Bonchev–Trinajstić information content (AvgIpc) is 2.88. The van der Waals surface area contributed by atoms with Crippen LogP contribution in [0.4, 0.5) is 17.6 Å². The Hall–Kier alpha value is -2.24. The van der Waals surface area contributed by atoms with Crippen LogP contribution in [0.15, 0.2) is 24.3 Å². The van der Waals surface area contributed by atoms with Gasteiger partial charge in [-0.15, -0.1) is 0 Å². The van der Waals surface area contributed by atoms with Crippen molar-refractivity contribution in [2.45, 2.75) is 97.0 Å². The quantitative estimate of drug-likeness (QED) is 0.316. The summed E-state index contributed by atoms with van der Waals surface area (Å²) in [7, 11) is 0. The molecule has 0 N–H and O–H groups in total. The van der Waals surface area contributed by atoms with Gasteiger partial charge >= 0.3 is 6.61 Å². The van der Waals surface area contributed by atoms with Crippen molar-refractivity contribution in [3.63, 3.8) is 0 Å². The van der Waals surface area contributed by atoms with Crippen LogP contribution in [0.25, 0.3) is 0 Å². The van der Waals surface area contributed by atoms with Crippen molar-refractivity contribution in [3.05, 3.63) is 53.1 Å². The highest BCUT2D eigenvalue weighted by atomic mass is 19.3. The molecule has 0 aliphatic heterocycles. The van der Waals surface area contributed by atoms with E-state index in [1.807, 2.05) is 0 Å². The van der Waals surface area contributed by atoms with E-state index in [0.717, 1.165) is 37.5 Å². The molecule has 0 saturated heterocycles. The van der Waals surface area contributed by atoms with Crippen LogP contribution in [-0.4, -0.2) is 6.61 Å². The Kier molecular flexibility index (Phi) is 9.19. The fraction of sp³-hybridized carbons (Fsp3) is 0.600. The SMILES string of the molecule is CCC[C@H]1CC[C@H]([C@H]2CC[C@H](c3[c]c(F)c(F)c(CC)c3Oc3ccc(OC(F)F)cc3)CC2)CC1. The molecule has 1 radical (unpaired) electrons. The summed E-state index contributed by atoms with van der Waals surface area (Å²) in [6.45, 7) is 1.11. The molecule has 36 heavy (non-hydrogen) atoms. The molecule has 2 aliphatic rings. The van der Waals surface area contributed by atoms with Gasteiger partial charge in [0.1, 0.15) is 17.2 Å². The standard InChI is InChI=1S/C30H37F4O2/c1-3-5-19-6-8-20(9-7-19)21-10-12-22(13-11-21)26-18-27(31)28(32)25(4-2)29(26)35-23-14-16-24(17-15-23)36-30(33)34/h14-17,19-22,30H,3-13H2,1-2H3/t19-,20-,21-,22-. The van der Waals surface area contributed by atoms with Gasteiger partial charge in [0.05, 0.1) is 0 Å². The molecule has 0 spiro atoms. The Morgan fingerprint density at radius 3 is 2.00 bits per heavy atom. The van der Waals surface area contributed by atoms with Crippen LogP contribution in [0.1, 0.15) is 95.1 Å². The second-order valence-corrected chi connectivity index (χ2v) is 10.5. The molecular formula is C30H37F4O2. The van der Waals surface area contributed by atoms with E-state index in [1.54, 1.807) is 6.92 Å². The Labute approximate surface area is 212 Å². The monoisotopic (exact) mass is 505 g/mol. The third-order valence-corrected chi connectivity index (χ3v) is 8.28. The number of hydrogen-bond donors (Lipinski definition) is 0. The van der Waals surface area contributed by atoms with E-state index >= 15 is 0 Å². The fourth-order valence-corrected chi connectivity index (χ4v) is 6.39. The Morgan fingerprint density at radius 1 is 0.861 bits per heavy atom. The van der Waals surface area contributed by atoms with Gasteiger partial charge in [-0.1, -0.05) is 39.5 Å². The Balaban J connectivity index is 1.48. The number of halogens is 4. The molecule has 0 unspecified atom stereocenters. The zero-order valence-electron chi connectivity index (χ0n) is 21.3. The van der Waals surface area contributed by atoms with Gasteiger partial charge in [0, 0.05) is 17.2 Å². The van der Waals surface area contributed by atoms with Crippen LogP contribution >= 0.6 is 0 Å². The largest absolute Gasteiger partial charge is 0.457 e. The molecule has 2 saturated carbocycles. The van der Waals surface area contributed by atoms with E-state index in [-0.39, 0.29) is 23.7 Å². The van der Waals surface area contributed by atoms with Crippen LogP contribution in [0.5, 0.6) is 17.2 Å². The first-order valence-corrected chi connectivity index (χ1v) is 13.5. The van der Waals surface area contributed by atoms with Crippen LogP contribution in [-0.2, 0) is 6.42 Å². The van der Waals surface area contributed by atoms with E-state index in [2.05, 4.69) is 17.7 Å². The van der Waals surface area contributed by atoms with Crippen molar-refractivity contribution >= 4 is 0 Å². The summed E-state index contributed by atoms with van der Waals surface area (Å²) in [6.07, 6.45) is 12.2. The maximum absolute atomic E-state index is 14.7. The molecule has 0 heterocycles. The summed E-state index contributed by atoms with van der Waals surface area (Å²) >= 11 is 0. The van der Waals surface area contributed by atoms with Crippen LogP contribution < -0.4 is 9.47 Å². The average molecular weight is 506 g/mol. The molecule has 0 atom stereocenters. The lowest BCUT2D eigenvalue weighted by Gasteiger charge is -2.38. The van der Waals surface area contributed by atoms with Gasteiger partial charge in [0.25, 0.3) is 0 Å². The highest BCUT2D eigenvalue weighted by Gasteiger charge is 2.33. The number of ether oxygens (including phenoxy) is 2. The molecule has 6 heteroatoms.